The molecule has 11 heteroatoms. The van der Waals surface area contributed by atoms with E-state index >= 15 is 0 Å². The van der Waals surface area contributed by atoms with Crippen LogP contribution in [0.4, 0.5) is 5.69 Å². The summed E-state index contributed by atoms with van der Waals surface area (Å²) in [6.45, 7) is 3.28. The maximum absolute atomic E-state index is 14.4. The SMILES string of the molecule is COC(=O)C1=C(C)N=c2sc(=C3C(=O)N(Cc4ccccc4)c4ccccc43)c(=O)n2C1c1ccc(OC(C)=O)c(OC)c1. The molecule has 3 aromatic carbocycles. The van der Waals surface area contributed by atoms with Crippen molar-refractivity contribution < 1.29 is 28.6 Å². The highest BCUT2D eigenvalue weighted by molar-refractivity contribution is 7.07. The molecule has 1 amide bonds. The van der Waals surface area contributed by atoms with Crippen molar-refractivity contribution in [3.05, 3.63) is 120 Å². The molecule has 0 saturated carbocycles. The molecular formula is C33H27N3O7S. The molecule has 1 atom stereocenters. The number of benzene rings is 3. The number of anilines is 1. The lowest BCUT2D eigenvalue weighted by molar-refractivity contribution is -0.136. The summed E-state index contributed by atoms with van der Waals surface area (Å²) in [6, 6.07) is 20.8. The van der Waals surface area contributed by atoms with Crippen molar-refractivity contribution in [2.75, 3.05) is 19.1 Å². The number of allylic oxidation sites excluding steroid dienone is 1. The zero-order chi connectivity index (χ0) is 31.1. The minimum atomic E-state index is -0.958. The van der Waals surface area contributed by atoms with Gasteiger partial charge < -0.3 is 19.1 Å². The lowest BCUT2D eigenvalue weighted by atomic mass is 9.95. The van der Waals surface area contributed by atoms with Crippen LogP contribution in [0.25, 0.3) is 5.57 Å². The lowest BCUT2D eigenvalue weighted by Crippen LogP contribution is -2.40. The molecule has 1 aromatic heterocycles. The summed E-state index contributed by atoms with van der Waals surface area (Å²) in [6.07, 6.45) is 0. The molecule has 4 aromatic rings. The van der Waals surface area contributed by atoms with Crippen molar-refractivity contribution in [2.24, 2.45) is 4.99 Å². The topological polar surface area (TPSA) is 117 Å². The second-order valence-electron chi connectivity index (χ2n) is 10.2. The number of aromatic nitrogens is 1. The normalized spacial score (nSPS) is 16.7. The number of thiazole rings is 1. The second kappa shape index (κ2) is 11.4. The Morgan fingerprint density at radius 1 is 0.955 bits per heavy atom. The molecule has 0 bridgehead atoms. The molecule has 0 N–H and O–H groups in total. The van der Waals surface area contributed by atoms with E-state index in [0.717, 1.165) is 16.9 Å². The minimum absolute atomic E-state index is 0.155. The average molecular weight is 610 g/mol. The Morgan fingerprint density at radius 2 is 1.68 bits per heavy atom. The molecule has 10 nitrogen and oxygen atoms in total. The van der Waals surface area contributed by atoms with Gasteiger partial charge >= 0.3 is 11.9 Å². The number of carbonyl (C=O) groups is 3. The number of hydrogen-bond donors (Lipinski definition) is 0. The van der Waals surface area contributed by atoms with E-state index in [0.29, 0.717) is 33.9 Å². The van der Waals surface area contributed by atoms with Crippen molar-refractivity contribution in [1.29, 1.82) is 0 Å². The molecular weight excluding hydrogens is 582 g/mol. The molecule has 0 spiro atoms. The fraction of sp³-hybridized carbons (Fsp3) is 0.182. The van der Waals surface area contributed by atoms with E-state index in [4.69, 9.17) is 14.2 Å². The number of para-hydroxylation sites is 1. The molecule has 0 saturated heterocycles. The predicted octanol–water partition coefficient (Wildman–Crippen LogP) is 3.26. The molecule has 0 radical (unpaired) electrons. The molecule has 44 heavy (non-hydrogen) atoms. The van der Waals surface area contributed by atoms with Crippen LogP contribution in [-0.4, -0.2) is 36.6 Å². The highest BCUT2D eigenvalue weighted by Crippen LogP contribution is 2.38. The first-order valence-electron chi connectivity index (χ1n) is 13.7. The molecule has 0 aliphatic carbocycles. The number of methoxy groups -OCH3 is 2. The van der Waals surface area contributed by atoms with Crippen molar-refractivity contribution in [1.82, 2.24) is 4.57 Å². The summed E-state index contributed by atoms with van der Waals surface area (Å²) >= 11 is 1.09. The third kappa shape index (κ3) is 4.80. The standard InChI is InChI=1S/C33H27N3O7S/c1-18-26(32(40)42-4)28(21-14-15-24(43-19(2)37)25(16-21)41-3)36-31(39)29(44-33(36)34-18)27-22-12-8-9-13-23(22)35(30(27)38)17-20-10-6-5-7-11-20/h5-16,28H,17H2,1-4H3. The maximum Gasteiger partial charge on any atom is 0.338 e. The third-order valence-corrected chi connectivity index (χ3v) is 8.55. The van der Waals surface area contributed by atoms with Gasteiger partial charge in [0, 0.05) is 12.5 Å². The zero-order valence-electron chi connectivity index (χ0n) is 24.3. The fourth-order valence-electron chi connectivity index (χ4n) is 5.57. The number of esters is 2. The average Bonchev–Trinajstić information content (AvgIpc) is 3.48. The number of amides is 1. The zero-order valence-corrected chi connectivity index (χ0v) is 25.1. The van der Waals surface area contributed by atoms with E-state index < -0.39 is 23.5 Å². The fourth-order valence-corrected chi connectivity index (χ4v) is 6.71. The van der Waals surface area contributed by atoms with Crippen LogP contribution in [0, 0.1) is 0 Å². The van der Waals surface area contributed by atoms with Gasteiger partial charge in [-0.2, -0.15) is 0 Å². The number of fused-ring (bicyclic) bond motifs is 2. The molecule has 2 aliphatic heterocycles. The molecule has 3 heterocycles. The Hall–Kier alpha value is -5.29. The lowest BCUT2D eigenvalue weighted by Gasteiger charge is -2.25. The van der Waals surface area contributed by atoms with Crippen LogP contribution in [0.5, 0.6) is 11.5 Å². The van der Waals surface area contributed by atoms with Crippen LogP contribution in [0.2, 0.25) is 0 Å². The number of hydrogen-bond acceptors (Lipinski definition) is 9. The van der Waals surface area contributed by atoms with Gasteiger partial charge in [-0.3, -0.25) is 19.0 Å². The van der Waals surface area contributed by atoms with Crippen LogP contribution < -0.4 is 29.3 Å². The minimum Gasteiger partial charge on any atom is -0.493 e. The highest BCUT2D eigenvalue weighted by atomic mass is 32.1. The van der Waals surface area contributed by atoms with Gasteiger partial charge in [0.2, 0.25) is 0 Å². The van der Waals surface area contributed by atoms with E-state index in [2.05, 4.69) is 4.99 Å². The maximum atomic E-state index is 14.4. The first-order valence-corrected chi connectivity index (χ1v) is 14.5. The first-order chi connectivity index (χ1) is 21.2. The Bertz CT molecular complexity index is 2060. The van der Waals surface area contributed by atoms with E-state index in [1.165, 1.54) is 31.8 Å². The van der Waals surface area contributed by atoms with Gasteiger partial charge in [0.1, 0.15) is 4.53 Å². The van der Waals surface area contributed by atoms with Crippen molar-refractivity contribution in [3.63, 3.8) is 0 Å². The Morgan fingerprint density at radius 3 is 2.39 bits per heavy atom. The molecule has 222 valence electrons. The Labute approximate surface area is 255 Å². The van der Waals surface area contributed by atoms with E-state index in [9.17, 15) is 19.2 Å². The summed E-state index contributed by atoms with van der Waals surface area (Å²) in [4.78, 5) is 59.8. The number of carbonyl (C=O) groups excluding carboxylic acids is 3. The molecule has 6 rings (SSSR count). The van der Waals surface area contributed by atoms with Crippen molar-refractivity contribution in [3.8, 4) is 11.5 Å². The Kier molecular flexibility index (Phi) is 7.48. The third-order valence-electron chi connectivity index (χ3n) is 7.49. The monoisotopic (exact) mass is 609 g/mol. The van der Waals surface area contributed by atoms with E-state index in [-0.39, 0.29) is 33.1 Å². The number of nitrogens with zero attached hydrogens (tertiary/aromatic N) is 3. The van der Waals surface area contributed by atoms with Crippen LogP contribution in [0.15, 0.2) is 93.9 Å². The molecule has 1 unspecified atom stereocenters. The summed E-state index contributed by atoms with van der Waals surface area (Å²) in [5, 5.41) is 0. The van der Waals surface area contributed by atoms with Gasteiger partial charge in [-0.05, 0) is 36.2 Å². The van der Waals surface area contributed by atoms with Crippen LogP contribution in [-0.2, 0) is 25.7 Å². The van der Waals surface area contributed by atoms with Gasteiger partial charge in [-0.1, -0.05) is 65.9 Å². The quantitative estimate of drug-likeness (QED) is 0.243. The highest BCUT2D eigenvalue weighted by Gasteiger charge is 2.37. The van der Waals surface area contributed by atoms with Gasteiger partial charge in [-0.15, -0.1) is 0 Å². The predicted molar refractivity (Wildman–Crippen MR) is 163 cm³/mol. The van der Waals surface area contributed by atoms with Crippen LogP contribution in [0.1, 0.15) is 36.6 Å². The van der Waals surface area contributed by atoms with E-state index in [1.54, 1.807) is 24.0 Å². The first kappa shape index (κ1) is 28.8. The summed E-state index contributed by atoms with van der Waals surface area (Å²) < 4.78 is 17.5. The van der Waals surface area contributed by atoms with Crippen LogP contribution >= 0.6 is 11.3 Å². The summed E-state index contributed by atoms with van der Waals surface area (Å²) in [5.41, 5.74) is 3.12. The Balaban J connectivity index is 1.58. The van der Waals surface area contributed by atoms with Crippen LogP contribution in [0.3, 0.4) is 0 Å². The smallest absolute Gasteiger partial charge is 0.338 e. The molecule has 2 aliphatic rings. The summed E-state index contributed by atoms with van der Waals surface area (Å²) in [7, 11) is 2.68. The number of rotatable bonds is 6. The van der Waals surface area contributed by atoms with Crippen molar-refractivity contribution >= 4 is 40.4 Å². The van der Waals surface area contributed by atoms with Gasteiger partial charge in [0.15, 0.2) is 16.3 Å². The largest absolute Gasteiger partial charge is 0.493 e. The molecule has 0 fully saturated rings. The summed E-state index contributed by atoms with van der Waals surface area (Å²) in [5.74, 6) is -1.07. The van der Waals surface area contributed by atoms with Gasteiger partial charge in [0.05, 0.1) is 49.3 Å². The van der Waals surface area contributed by atoms with Gasteiger partial charge in [0.25, 0.3) is 11.5 Å². The second-order valence-corrected chi connectivity index (χ2v) is 11.1. The van der Waals surface area contributed by atoms with E-state index in [1.807, 2.05) is 54.6 Å². The van der Waals surface area contributed by atoms with Gasteiger partial charge in [-0.25, -0.2) is 9.79 Å². The number of ether oxygens (including phenoxy) is 3. The van der Waals surface area contributed by atoms with Crippen molar-refractivity contribution in [2.45, 2.75) is 26.4 Å².